The monoisotopic (exact) mass is 194 g/mol. The van der Waals surface area contributed by atoms with Crippen molar-refractivity contribution in [3.05, 3.63) is 11.6 Å². The van der Waals surface area contributed by atoms with Crippen LogP contribution in [0.5, 0.6) is 0 Å². The number of aldehydes is 1. The number of rotatable bonds is 3. The number of carbonyl (C=O) groups excluding carboxylic acids is 1. The molecule has 14 heavy (non-hydrogen) atoms. The zero-order valence-electron chi connectivity index (χ0n) is 9.68. The molecule has 1 saturated carbocycles. The number of hydrogen-bond acceptors (Lipinski definition) is 1. The zero-order valence-corrected chi connectivity index (χ0v) is 9.68. The summed E-state index contributed by atoms with van der Waals surface area (Å²) in [5.41, 5.74) is 2.03. The molecule has 0 N–H and O–H groups in total. The van der Waals surface area contributed by atoms with E-state index in [9.17, 15) is 4.79 Å². The van der Waals surface area contributed by atoms with Crippen LogP contribution >= 0.6 is 0 Å². The maximum Gasteiger partial charge on any atom is 0.120 e. The molecule has 0 aromatic heterocycles. The van der Waals surface area contributed by atoms with E-state index >= 15 is 0 Å². The molecule has 1 aliphatic carbocycles. The van der Waals surface area contributed by atoms with Crippen molar-refractivity contribution in [3.63, 3.8) is 0 Å². The average Bonchev–Trinajstić information content (AvgIpc) is 2.00. The molecule has 0 radical (unpaired) electrons. The van der Waals surface area contributed by atoms with E-state index < -0.39 is 0 Å². The molecular formula is C13H22O. The molecule has 0 aromatic rings. The van der Waals surface area contributed by atoms with Gasteiger partial charge in [0.25, 0.3) is 0 Å². The molecule has 0 saturated heterocycles. The molecule has 1 rings (SSSR count). The molecule has 0 heterocycles. The summed E-state index contributed by atoms with van der Waals surface area (Å²) in [4.78, 5) is 10.2. The van der Waals surface area contributed by atoms with Gasteiger partial charge in [-0.25, -0.2) is 0 Å². The first kappa shape index (κ1) is 11.5. The summed E-state index contributed by atoms with van der Waals surface area (Å²) in [7, 11) is 0. The SMILES string of the molecule is CC1C/C(=C/CCC=O)CC(C)(C)C1. The normalized spacial score (nSPS) is 29.1. The molecule has 0 bridgehead atoms. The Morgan fingerprint density at radius 2 is 2.14 bits per heavy atom. The van der Waals surface area contributed by atoms with E-state index in [1.54, 1.807) is 5.57 Å². The van der Waals surface area contributed by atoms with E-state index in [2.05, 4.69) is 26.8 Å². The van der Waals surface area contributed by atoms with Crippen molar-refractivity contribution < 1.29 is 4.79 Å². The molecule has 1 aliphatic rings. The van der Waals surface area contributed by atoms with Crippen molar-refractivity contribution in [3.8, 4) is 0 Å². The van der Waals surface area contributed by atoms with Crippen molar-refractivity contribution in [2.45, 2.75) is 52.9 Å². The van der Waals surface area contributed by atoms with Crippen molar-refractivity contribution in [2.75, 3.05) is 0 Å². The van der Waals surface area contributed by atoms with Crippen LogP contribution in [0.3, 0.4) is 0 Å². The minimum Gasteiger partial charge on any atom is -0.303 e. The van der Waals surface area contributed by atoms with Gasteiger partial charge in [-0.1, -0.05) is 32.4 Å². The minimum absolute atomic E-state index is 0.463. The molecule has 1 unspecified atom stereocenters. The van der Waals surface area contributed by atoms with Crippen LogP contribution in [0.25, 0.3) is 0 Å². The van der Waals surface area contributed by atoms with Gasteiger partial charge in [-0.3, -0.25) is 0 Å². The topological polar surface area (TPSA) is 17.1 Å². The van der Waals surface area contributed by atoms with Crippen LogP contribution in [0.1, 0.15) is 52.9 Å². The summed E-state index contributed by atoms with van der Waals surface area (Å²) in [6.07, 6.45) is 8.69. The van der Waals surface area contributed by atoms with Crippen LogP contribution in [0, 0.1) is 11.3 Å². The molecule has 1 nitrogen and oxygen atoms in total. The summed E-state index contributed by atoms with van der Waals surface area (Å²) in [5.74, 6) is 0.807. The van der Waals surface area contributed by atoms with Gasteiger partial charge in [0, 0.05) is 6.42 Å². The second kappa shape index (κ2) is 4.77. The molecule has 0 aromatic carbocycles. The fraction of sp³-hybridized carbons (Fsp3) is 0.769. The fourth-order valence-corrected chi connectivity index (χ4v) is 2.73. The number of hydrogen-bond donors (Lipinski definition) is 0. The Hall–Kier alpha value is -0.590. The van der Waals surface area contributed by atoms with Gasteiger partial charge in [0.2, 0.25) is 0 Å². The maximum absolute atomic E-state index is 10.2. The number of allylic oxidation sites excluding steroid dienone is 2. The highest BCUT2D eigenvalue weighted by Crippen LogP contribution is 2.41. The van der Waals surface area contributed by atoms with Gasteiger partial charge >= 0.3 is 0 Å². The molecule has 80 valence electrons. The highest BCUT2D eigenvalue weighted by Gasteiger charge is 2.27. The van der Waals surface area contributed by atoms with Crippen molar-refractivity contribution in [2.24, 2.45) is 11.3 Å². The van der Waals surface area contributed by atoms with E-state index in [1.807, 2.05) is 0 Å². The fourth-order valence-electron chi connectivity index (χ4n) is 2.73. The number of unbranched alkanes of at least 4 members (excludes halogenated alkanes) is 1. The van der Waals surface area contributed by atoms with E-state index in [4.69, 9.17) is 0 Å². The number of carbonyl (C=O) groups is 1. The van der Waals surface area contributed by atoms with Crippen LogP contribution in [-0.4, -0.2) is 6.29 Å². The highest BCUT2D eigenvalue weighted by molar-refractivity contribution is 5.49. The Morgan fingerprint density at radius 1 is 1.43 bits per heavy atom. The first-order valence-electron chi connectivity index (χ1n) is 5.65. The summed E-state index contributed by atoms with van der Waals surface area (Å²) < 4.78 is 0. The third kappa shape index (κ3) is 3.65. The van der Waals surface area contributed by atoms with Crippen molar-refractivity contribution in [1.29, 1.82) is 0 Å². The van der Waals surface area contributed by atoms with Crippen LogP contribution < -0.4 is 0 Å². The average molecular weight is 194 g/mol. The summed E-state index contributed by atoms with van der Waals surface area (Å²) in [5, 5.41) is 0. The van der Waals surface area contributed by atoms with Gasteiger partial charge in [-0.15, -0.1) is 0 Å². The van der Waals surface area contributed by atoms with Gasteiger partial charge in [-0.05, 0) is 37.0 Å². The second-order valence-electron chi connectivity index (χ2n) is 5.46. The lowest BCUT2D eigenvalue weighted by molar-refractivity contribution is -0.107. The van der Waals surface area contributed by atoms with Crippen molar-refractivity contribution in [1.82, 2.24) is 0 Å². The third-order valence-corrected chi connectivity index (χ3v) is 2.93. The van der Waals surface area contributed by atoms with Crippen LogP contribution in [-0.2, 0) is 4.79 Å². The highest BCUT2D eigenvalue weighted by atomic mass is 16.1. The van der Waals surface area contributed by atoms with Gasteiger partial charge in [-0.2, -0.15) is 0 Å². The van der Waals surface area contributed by atoms with Crippen LogP contribution in [0.4, 0.5) is 0 Å². The zero-order chi connectivity index (χ0) is 10.6. The molecule has 1 atom stereocenters. The Morgan fingerprint density at radius 3 is 2.71 bits per heavy atom. The predicted molar refractivity (Wildman–Crippen MR) is 60.2 cm³/mol. The van der Waals surface area contributed by atoms with Gasteiger partial charge in [0.05, 0.1) is 0 Å². The third-order valence-electron chi connectivity index (χ3n) is 2.93. The van der Waals surface area contributed by atoms with Crippen LogP contribution in [0.15, 0.2) is 11.6 Å². The van der Waals surface area contributed by atoms with Gasteiger partial charge in [0.15, 0.2) is 0 Å². The molecule has 1 fully saturated rings. The predicted octanol–water partition coefficient (Wildman–Crippen LogP) is 3.74. The van der Waals surface area contributed by atoms with E-state index in [0.717, 1.165) is 18.6 Å². The summed E-state index contributed by atoms with van der Waals surface area (Å²) in [6, 6.07) is 0. The van der Waals surface area contributed by atoms with Crippen molar-refractivity contribution >= 4 is 6.29 Å². The Balaban J connectivity index is 2.52. The van der Waals surface area contributed by atoms with E-state index in [-0.39, 0.29) is 0 Å². The van der Waals surface area contributed by atoms with Crippen LogP contribution in [0.2, 0.25) is 0 Å². The molecule has 0 spiro atoms. The molecule has 0 aliphatic heterocycles. The molecule has 0 amide bonds. The largest absolute Gasteiger partial charge is 0.303 e. The quantitative estimate of drug-likeness (QED) is 0.380. The molecule has 1 heteroatoms. The van der Waals surface area contributed by atoms with E-state index in [0.29, 0.717) is 11.8 Å². The summed E-state index contributed by atoms with van der Waals surface area (Å²) >= 11 is 0. The second-order valence-corrected chi connectivity index (χ2v) is 5.46. The summed E-state index contributed by atoms with van der Waals surface area (Å²) in [6.45, 7) is 7.01. The minimum atomic E-state index is 0.463. The maximum atomic E-state index is 10.2. The lowest BCUT2D eigenvalue weighted by Gasteiger charge is -2.35. The first-order valence-corrected chi connectivity index (χ1v) is 5.65. The first-order chi connectivity index (χ1) is 6.53. The Bertz CT molecular complexity index is 225. The van der Waals surface area contributed by atoms with Gasteiger partial charge in [0.1, 0.15) is 6.29 Å². The lowest BCUT2D eigenvalue weighted by atomic mass is 9.70. The standard InChI is InChI=1S/C13H22O/c1-11-8-12(6-4-5-7-14)10-13(2,3)9-11/h6-7,11H,4-5,8-10H2,1-3H3/b12-6-. The Kier molecular flexibility index (Phi) is 3.91. The lowest BCUT2D eigenvalue weighted by Crippen LogP contribution is -2.22. The van der Waals surface area contributed by atoms with Gasteiger partial charge < -0.3 is 4.79 Å². The Labute approximate surface area is 87.6 Å². The van der Waals surface area contributed by atoms with E-state index in [1.165, 1.54) is 19.3 Å². The smallest absolute Gasteiger partial charge is 0.120 e. The molecular weight excluding hydrogens is 172 g/mol.